The normalized spacial score (nSPS) is 16.5. The number of carbonyl (C=O) groups is 2. The molecular weight excluding hydrogens is 496 g/mol. The van der Waals surface area contributed by atoms with E-state index >= 15 is 0 Å². The number of nitrogens with zero attached hydrogens (tertiary/aromatic N) is 1. The van der Waals surface area contributed by atoms with E-state index in [2.05, 4.69) is 15.9 Å². The number of hydrogen-bond acceptors (Lipinski definition) is 9. The summed E-state index contributed by atoms with van der Waals surface area (Å²) in [5.74, 6) is -1.27. The van der Waals surface area contributed by atoms with Gasteiger partial charge in [0.25, 0.3) is 0 Å². The molecule has 178 valence electrons. The van der Waals surface area contributed by atoms with E-state index in [4.69, 9.17) is 29.4 Å². The maximum absolute atomic E-state index is 12.8. The Kier molecular flexibility index (Phi) is 9.17. The summed E-state index contributed by atoms with van der Waals surface area (Å²) in [4.78, 5) is 24.8. The Bertz CT molecular complexity index is 1030. The highest BCUT2D eigenvalue weighted by Gasteiger charge is 2.37. The summed E-state index contributed by atoms with van der Waals surface area (Å²) in [6.07, 6.45) is -0.892. The lowest BCUT2D eigenvalue weighted by Gasteiger charge is -2.28. The first-order valence-corrected chi connectivity index (χ1v) is 11.2. The van der Waals surface area contributed by atoms with Crippen molar-refractivity contribution in [2.24, 2.45) is 5.73 Å². The number of allylic oxidation sites excluding steroid dienone is 2. The Morgan fingerprint density at radius 1 is 1.21 bits per heavy atom. The fraction of sp³-hybridized carbons (Fsp3) is 0.435. The SMILES string of the molecule is CCOC(=O)C1=C(C)OC(N)=C(C#N)C1c1cc(Br)c(OC(C)C(=O)OCC)c(OCC)c1. The molecule has 1 aromatic rings. The molecule has 2 rings (SSSR count). The molecule has 0 radical (unpaired) electrons. The predicted octanol–water partition coefficient (Wildman–Crippen LogP) is 3.82. The monoisotopic (exact) mass is 522 g/mol. The number of benzene rings is 1. The number of nitrogens with two attached hydrogens (primary N) is 1. The van der Waals surface area contributed by atoms with Crippen LogP contribution in [0, 0.1) is 11.3 Å². The average Bonchev–Trinajstić information content (AvgIpc) is 2.75. The van der Waals surface area contributed by atoms with Crippen molar-refractivity contribution in [1.29, 1.82) is 5.26 Å². The third-order valence-electron chi connectivity index (χ3n) is 4.68. The van der Waals surface area contributed by atoms with Crippen LogP contribution in [0.3, 0.4) is 0 Å². The molecule has 10 heteroatoms. The predicted molar refractivity (Wildman–Crippen MR) is 122 cm³/mol. The zero-order valence-electron chi connectivity index (χ0n) is 19.2. The van der Waals surface area contributed by atoms with Gasteiger partial charge in [0.05, 0.1) is 35.8 Å². The highest BCUT2D eigenvalue weighted by Crippen LogP contribution is 2.45. The highest BCUT2D eigenvalue weighted by molar-refractivity contribution is 9.10. The number of nitriles is 1. The van der Waals surface area contributed by atoms with E-state index in [1.807, 2.05) is 6.07 Å². The maximum atomic E-state index is 12.8. The molecule has 0 saturated heterocycles. The molecule has 33 heavy (non-hydrogen) atoms. The Morgan fingerprint density at radius 3 is 2.45 bits per heavy atom. The van der Waals surface area contributed by atoms with Crippen molar-refractivity contribution >= 4 is 27.9 Å². The molecule has 2 atom stereocenters. The van der Waals surface area contributed by atoms with E-state index < -0.39 is 24.0 Å². The van der Waals surface area contributed by atoms with Gasteiger partial charge in [0.15, 0.2) is 17.6 Å². The van der Waals surface area contributed by atoms with Crippen LogP contribution in [0.4, 0.5) is 0 Å². The standard InChI is InChI=1S/C23H27BrN2O7/c1-6-29-17-10-14(9-16(24)20(17)32-13(5)22(27)30-7-2)19-15(11-25)21(26)33-12(4)18(19)23(28)31-8-3/h9-10,13,19H,6-8,26H2,1-5H3. The zero-order valence-corrected chi connectivity index (χ0v) is 20.8. The summed E-state index contributed by atoms with van der Waals surface area (Å²) in [5.41, 5.74) is 6.71. The second-order valence-corrected chi connectivity index (χ2v) is 7.74. The first-order valence-electron chi connectivity index (χ1n) is 10.4. The van der Waals surface area contributed by atoms with Gasteiger partial charge in [0.2, 0.25) is 5.88 Å². The lowest BCUT2D eigenvalue weighted by molar-refractivity contribution is -0.150. The van der Waals surface area contributed by atoms with Crippen LogP contribution in [0.15, 0.2) is 39.4 Å². The molecule has 2 unspecified atom stereocenters. The molecule has 0 fully saturated rings. The third kappa shape index (κ3) is 5.79. The molecule has 1 aromatic carbocycles. The van der Waals surface area contributed by atoms with Crippen molar-refractivity contribution in [1.82, 2.24) is 0 Å². The Morgan fingerprint density at radius 2 is 1.88 bits per heavy atom. The van der Waals surface area contributed by atoms with Crippen LogP contribution in [0.2, 0.25) is 0 Å². The van der Waals surface area contributed by atoms with Gasteiger partial charge in [-0.1, -0.05) is 0 Å². The van der Waals surface area contributed by atoms with Gasteiger partial charge >= 0.3 is 11.9 Å². The summed E-state index contributed by atoms with van der Waals surface area (Å²) in [6.45, 7) is 9.00. The molecule has 9 nitrogen and oxygen atoms in total. The van der Waals surface area contributed by atoms with Crippen molar-refractivity contribution in [2.45, 2.75) is 46.6 Å². The van der Waals surface area contributed by atoms with Gasteiger partial charge in [-0.05, 0) is 68.2 Å². The van der Waals surface area contributed by atoms with E-state index in [0.29, 0.717) is 22.4 Å². The summed E-state index contributed by atoms with van der Waals surface area (Å²) >= 11 is 3.46. The Hall–Kier alpha value is -3.19. The number of hydrogen-bond donors (Lipinski definition) is 1. The lowest BCUT2D eigenvalue weighted by atomic mass is 9.83. The van der Waals surface area contributed by atoms with Crippen LogP contribution in [0.5, 0.6) is 11.5 Å². The fourth-order valence-corrected chi connectivity index (χ4v) is 3.86. The minimum Gasteiger partial charge on any atom is -0.490 e. The number of esters is 2. The summed E-state index contributed by atoms with van der Waals surface area (Å²) in [6, 6.07) is 5.34. The van der Waals surface area contributed by atoms with Gasteiger partial charge < -0.3 is 29.4 Å². The maximum Gasteiger partial charge on any atom is 0.347 e. The minimum absolute atomic E-state index is 0.0616. The molecule has 0 aliphatic carbocycles. The smallest absolute Gasteiger partial charge is 0.347 e. The molecule has 0 amide bonds. The molecule has 0 aromatic heterocycles. The van der Waals surface area contributed by atoms with Gasteiger partial charge in [-0.2, -0.15) is 5.26 Å². The molecule has 0 spiro atoms. The van der Waals surface area contributed by atoms with Gasteiger partial charge in [-0.15, -0.1) is 0 Å². The third-order valence-corrected chi connectivity index (χ3v) is 5.27. The van der Waals surface area contributed by atoms with Crippen LogP contribution in [-0.4, -0.2) is 37.9 Å². The van der Waals surface area contributed by atoms with E-state index in [1.54, 1.807) is 46.8 Å². The second-order valence-electron chi connectivity index (χ2n) is 6.89. The van der Waals surface area contributed by atoms with Crippen molar-refractivity contribution in [3.8, 4) is 17.6 Å². The van der Waals surface area contributed by atoms with Gasteiger partial charge in [0, 0.05) is 0 Å². The second kappa shape index (κ2) is 11.6. The molecule has 1 aliphatic rings. The molecular formula is C23H27BrN2O7. The van der Waals surface area contributed by atoms with Crippen molar-refractivity contribution in [2.75, 3.05) is 19.8 Å². The van der Waals surface area contributed by atoms with Crippen LogP contribution >= 0.6 is 15.9 Å². The van der Waals surface area contributed by atoms with Crippen molar-refractivity contribution in [3.05, 3.63) is 45.0 Å². The lowest BCUT2D eigenvalue weighted by Crippen LogP contribution is -2.27. The van der Waals surface area contributed by atoms with Crippen LogP contribution in [0.25, 0.3) is 0 Å². The van der Waals surface area contributed by atoms with E-state index in [0.717, 1.165) is 0 Å². The number of rotatable bonds is 9. The minimum atomic E-state index is -0.892. The van der Waals surface area contributed by atoms with Crippen molar-refractivity contribution in [3.63, 3.8) is 0 Å². The largest absolute Gasteiger partial charge is 0.490 e. The molecule has 0 bridgehead atoms. The van der Waals surface area contributed by atoms with E-state index in [9.17, 15) is 14.9 Å². The van der Waals surface area contributed by atoms with E-state index in [1.165, 1.54) is 0 Å². The topological polar surface area (TPSA) is 130 Å². The first-order chi connectivity index (χ1) is 15.7. The summed E-state index contributed by atoms with van der Waals surface area (Å²) in [7, 11) is 0. The molecule has 2 N–H and O–H groups in total. The molecule has 1 aliphatic heterocycles. The van der Waals surface area contributed by atoms with Crippen LogP contribution in [0.1, 0.15) is 46.1 Å². The first kappa shape index (κ1) is 26.1. The number of ether oxygens (including phenoxy) is 5. The Balaban J connectivity index is 2.63. The van der Waals surface area contributed by atoms with Gasteiger partial charge in [-0.3, -0.25) is 0 Å². The fourth-order valence-electron chi connectivity index (χ4n) is 3.30. The summed E-state index contributed by atoms with van der Waals surface area (Å²) < 4.78 is 27.7. The molecule has 0 saturated carbocycles. The molecule has 1 heterocycles. The van der Waals surface area contributed by atoms with Crippen LogP contribution < -0.4 is 15.2 Å². The Labute approximate surface area is 201 Å². The average molecular weight is 523 g/mol. The van der Waals surface area contributed by atoms with E-state index in [-0.39, 0.29) is 41.8 Å². The van der Waals surface area contributed by atoms with Gasteiger partial charge in [-0.25, -0.2) is 9.59 Å². The summed E-state index contributed by atoms with van der Waals surface area (Å²) in [5, 5.41) is 9.77. The quantitative estimate of drug-likeness (QED) is 0.480. The highest BCUT2D eigenvalue weighted by atomic mass is 79.9. The van der Waals surface area contributed by atoms with Crippen molar-refractivity contribution < 1.29 is 33.3 Å². The van der Waals surface area contributed by atoms with Gasteiger partial charge in [0.1, 0.15) is 17.4 Å². The number of halogens is 1. The van der Waals surface area contributed by atoms with Crippen LogP contribution in [-0.2, 0) is 23.8 Å². The zero-order chi connectivity index (χ0) is 24.7. The number of carbonyl (C=O) groups excluding carboxylic acids is 2.